The highest BCUT2D eigenvalue weighted by Crippen LogP contribution is 2.41. The molecule has 0 radical (unpaired) electrons. The van der Waals surface area contributed by atoms with Crippen LogP contribution in [-0.2, 0) is 9.53 Å². The van der Waals surface area contributed by atoms with Crippen molar-refractivity contribution < 1.29 is 35.9 Å². The molecule has 0 amide bonds. The molecule has 0 heterocycles. The Morgan fingerprint density at radius 2 is 1.42 bits per heavy atom. The van der Waals surface area contributed by atoms with Gasteiger partial charge in [-0.15, -0.1) is 0 Å². The van der Waals surface area contributed by atoms with Crippen molar-refractivity contribution in [3.05, 3.63) is 0 Å². The molecule has 0 aromatic carbocycles. The number of carbonyl (C=O) groups is 1. The van der Waals surface area contributed by atoms with Crippen LogP contribution in [0.3, 0.4) is 0 Å². The van der Waals surface area contributed by atoms with Crippen LogP contribution in [0, 0.1) is 5.92 Å². The minimum absolute atomic E-state index is 1.04. The van der Waals surface area contributed by atoms with E-state index in [1.807, 2.05) is 0 Å². The standard InChI is InChI=1S/C10H15F6NO2/c1-8(2,3)19-7(18)5(17)4-6(9(11,12)13)10(14,15)16/h5-6H,4,17H2,1-3H3. The molecule has 0 saturated carbocycles. The van der Waals surface area contributed by atoms with Crippen LogP contribution in [0.5, 0.6) is 0 Å². The second-order valence-corrected chi connectivity index (χ2v) is 5.01. The average Bonchev–Trinajstić information content (AvgIpc) is 2.06. The predicted octanol–water partition coefficient (Wildman–Crippen LogP) is 2.79. The van der Waals surface area contributed by atoms with Gasteiger partial charge in [0.1, 0.15) is 11.6 Å². The monoisotopic (exact) mass is 295 g/mol. The van der Waals surface area contributed by atoms with Crippen LogP contribution in [0.4, 0.5) is 26.3 Å². The zero-order valence-electron chi connectivity index (χ0n) is 10.5. The summed E-state index contributed by atoms with van der Waals surface area (Å²) in [4.78, 5) is 11.3. The van der Waals surface area contributed by atoms with E-state index < -0.39 is 42.3 Å². The molecule has 9 heteroatoms. The van der Waals surface area contributed by atoms with E-state index in [-0.39, 0.29) is 0 Å². The van der Waals surface area contributed by atoms with Gasteiger partial charge in [-0.25, -0.2) is 0 Å². The predicted molar refractivity (Wildman–Crippen MR) is 54.0 cm³/mol. The second-order valence-electron chi connectivity index (χ2n) is 5.01. The summed E-state index contributed by atoms with van der Waals surface area (Å²) in [6, 6.07) is -1.99. The van der Waals surface area contributed by atoms with Crippen molar-refractivity contribution in [2.75, 3.05) is 0 Å². The van der Waals surface area contributed by atoms with Crippen molar-refractivity contribution in [2.24, 2.45) is 11.7 Å². The lowest BCUT2D eigenvalue weighted by Gasteiger charge is -2.26. The summed E-state index contributed by atoms with van der Waals surface area (Å²) in [7, 11) is 0. The van der Waals surface area contributed by atoms with Crippen molar-refractivity contribution in [1.82, 2.24) is 0 Å². The molecule has 0 aliphatic rings. The Balaban J connectivity index is 4.84. The molecule has 0 aromatic heterocycles. The van der Waals surface area contributed by atoms with Gasteiger partial charge in [-0.05, 0) is 27.2 Å². The normalized spacial score (nSPS) is 15.5. The zero-order chi connectivity index (χ0) is 15.6. The van der Waals surface area contributed by atoms with Crippen LogP contribution in [0.2, 0.25) is 0 Å². The topological polar surface area (TPSA) is 52.3 Å². The van der Waals surface area contributed by atoms with E-state index in [9.17, 15) is 31.1 Å². The maximum absolute atomic E-state index is 12.3. The Morgan fingerprint density at radius 3 is 1.68 bits per heavy atom. The van der Waals surface area contributed by atoms with Crippen molar-refractivity contribution in [3.8, 4) is 0 Å². The number of halogens is 6. The van der Waals surface area contributed by atoms with Crippen LogP contribution in [0.25, 0.3) is 0 Å². The number of hydrogen-bond acceptors (Lipinski definition) is 3. The molecule has 1 atom stereocenters. The summed E-state index contributed by atoms with van der Waals surface area (Å²) in [5, 5.41) is 0. The van der Waals surface area contributed by atoms with Gasteiger partial charge in [0.15, 0.2) is 5.92 Å². The van der Waals surface area contributed by atoms with E-state index >= 15 is 0 Å². The number of rotatable bonds is 3. The van der Waals surface area contributed by atoms with Gasteiger partial charge in [-0.3, -0.25) is 4.79 Å². The average molecular weight is 295 g/mol. The smallest absolute Gasteiger partial charge is 0.400 e. The summed E-state index contributed by atoms with van der Waals surface area (Å²) < 4.78 is 78.1. The quantitative estimate of drug-likeness (QED) is 0.643. The van der Waals surface area contributed by atoms with Crippen molar-refractivity contribution >= 4 is 5.97 Å². The lowest BCUT2D eigenvalue weighted by atomic mass is 9.99. The molecule has 0 fully saturated rings. The third-order valence-electron chi connectivity index (χ3n) is 1.99. The summed E-state index contributed by atoms with van der Waals surface area (Å²) in [6.07, 6.45) is -12.6. The number of hydrogen-bond donors (Lipinski definition) is 1. The van der Waals surface area contributed by atoms with E-state index in [1.165, 1.54) is 20.8 Å². The molecular weight excluding hydrogens is 280 g/mol. The van der Waals surface area contributed by atoms with Gasteiger partial charge >= 0.3 is 18.3 Å². The molecule has 0 aromatic rings. The van der Waals surface area contributed by atoms with Crippen LogP contribution in [0.1, 0.15) is 27.2 Å². The fourth-order valence-electron chi connectivity index (χ4n) is 1.18. The van der Waals surface area contributed by atoms with Gasteiger partial charge in [0.25, 0.3) is 0 Å². The minimum atomic E-state index is -5.52. The van der Waals surface area contributed by atoms with Gasteiger partial charge in [-0.1, -0.05) is 0 Å². The molecule has 0 bridgehead atoms. The van der Waals surface area contributed by atoms with E-state index in [0.29, 0.717) is 0 Å². The maximum atomic E-state index is 12.3. The van der Waals surface area contributed by atoms with Crippen LogP contribution in [-0.4, -0.2) is 30.0 Å². The Bertz CT molecular complexity index is 303. The molecule has 2 N–H and O–H groups in total. The number of nitrogens with two attached hydrogens (primary N) is 1. The summed E-state index contributed by atoms with van der Waals surface area (Å²) >= 11 is 0. The van der Waals surface area contributed by atoms with Crippen LogP contribution in [0.15, 0.2) is 0 Å². The molecule has 0 rings (SSSR count). The lowest BCUT2D eigenvalue weighted by Crippen LogP contribution is -2.45. The Kier molecular flexibility index (Phi) is 5.27. The molecule has 0 aliphatic heterocycles. The van der Waals surface area contributed by atoms with Crippen molar-refractivity contribution in [1.29, 1.82) is 0 Å². The molecule has 0 spiro atoms. The third-order valence-corrected chi connectivity index (χ3v) is 1.99. The first-order chi connectivity index (χ1) is 8.14. The highest BCUT2D eigenvalue weighted by molar-refractivity contribution is 5.75. The van der Waals surface area contributed by atoms with Crippen molar-refractivity contribution in [3.63, 3.8) is 0 Å². The molecule has 0 saturated heterocycles. The highest BCUT2D eigenvalue weighted by Gasteiger charge is 2.57. The van der Waals surface area contributed by atoms with Crippen molar-refractivity contribution in [2.45, 2.75) is 51.2 Å². The van der Waals surface area contributed by atoms with E-state index in [2.05, 4.69) is 4.74 Å². The fourth-order valence-corrected chi connectivity index (χ4v) is 1.18. The van der Waals surface area contributed by atoms with Crippen LogP contribution < -0.4 is 5.73 Å². The van der Waals surface area contributed by atoms with Gasteiger partial charge in [0.05, 0.1) is 0 Å². The molecule has 3 nitrogen and oxygen atoms in total. The summed E-state index contributed by atoms with van der Waals surface area (Å²) in [5.74, 6) is -4.95. The lowest BCUT2D eigenvalue weighted by molar-refractivity contribution is -0.286. The Morgan fingerprint density at radius 1 is 1.05 bits per heavy atom. The molecule has 0 aliphatic carbocycles. The summed E-state index contributed by atoms with van der Waals surface area (Å²) in [6.45, 7) is 4.26. The van der Waals surface area contributed by atoms with Gasteiger partial charge in [0.2, 0.25) is 0 Å². The third kappa shape index (κ3) is 6.65. The number of esters is 1. The Labute approximate surface area is 106 Å². The van der Waals surface area contributed by atoms with E-state index in [4.69, 9.17) is 5.73 Å². The first kappa shape index (κ1) is 18.0. The molecular formula is C10H15F6NO2. The van der Waals surface area contributed by atoms with Gasteiger partial charge in [-0.2, -0.15) is 26.3 Å². The summed E-state index contributed by atoms with van der Waals surface area (Å²) in [5.41, 5.74) is 4.00. The second kappa shape index (κ2) is 5.56. The van der Waals surface area contributed by atoms with E-state index in [0.717, 1.165) is 0 Å². The number of ether oxygens (including phenoxy) is 1. The number of alkyl halides is 6. The maximum Gasteiger partial charge on any atom is 0.400 e. The SMILES string of the molecule is CC(C)(C)OC(=O)C(N)CC(C(F)(F)F)C(F)(F)F. The highest BCUT2D eigenvalue weighted by atomic mass is 19.4. The fraction of sp³-hybridized carbons (Fsp3) is 0.900. The molecule has 1 unspecified atom stereocenters. The zero-order valence-corrected chi connectivity index (χ0v) is 10.5. The first-order valence-corrected chi connectivity index (χ1v) is 5.26. The van der Waals surface area contributed by atoms with Crippen LogP contribution >= 0.6 is 0 Å². The van der Waals surface area contributed by atoms with Gasteiger partial charge in [0, 0.05) is 0 Å². The van der Waals surface area contributed by atoms with E-state index in [1.54, 1.807) is 0 Å². The number of carbonyl (C=O) groups excluding carboxylic acids is 1. The van der Waals surface area contributed by atoms with Gasteiger partial charge < -0.3 is 10.5 Å². The molecule has 19 heavy (non-hydrogen) atoms. The first-order valence-electron chi connectivity index (χ1n) is 5.26. The largest absolute Gasteiger partial charge is 0.459 e. The minimum Gasteiger partial charge on any atom is -0.459 e. The Hall–Kier alpha value is -0.990. The molecule has 114 valence electrons.